The van der Waals surface area contributed by atoms with Gasteiger partial charge in [-0.3, -0.25) is 4.79 Å². The molecule has 0 aromatic heterocycles. The van der Waals surface area contributed by atoms with E-state index in [1.165, 1.54) is 19.8 Å². The Morgan fingerprint density at radius 3 is 2.38 bits per heavy atom. The van der Waals surface area contributed by atoms with Crippen molar-refractivity contribution in [3.8, 4) is 11.8 Å². The Kier molecular flexibility index (Phi) is 4.95. The van der Waals surface area contributed by atoms with E-state index < -0.39 is 18.4 Å². The van der Waals surface area contributed by atoms with Crippen LogP contribution in [0.3, 0.4) is 0 Å². The molecular weight excluding hydrogens is 272 g/mol. The van der Waals surface area contributed by atoms with Gasteiger partial charge in [-0.05, 0) is 44.0 Å². The van der Waals surface area contributed by atoms with Crippen LogP contribution in [0.1, 0.15) is 42.6 Å². The summed E-state index contributed by atoms with van der Waals surface area (Å²) in [7, 11) is 0. The minimum Gasteiger partial charge on any atom is -0.349 e. The molecule has 0 heterocycles. The molecule has 0 spiro atoms. The lowest BCUT2D eigenvalue weighted by Gasteiger charge is -2.20. The zero-order chi connectivity index (χ0) is 15.4. The second kappa shape index (κ2) is 6.71. The third-order valence-electron chi connectivity index (χ3n) is 3.69. The van der Waals surface area contributed by atoms with Crippen LogP contribution in [0, 0.1) is 23.7 Å². The predicted molar refractivity (Wildman–Crippen MR) is 78.1 cm³/mol. The summed E-state index contributed by atoms with van der Waals surface area (Å²) in [5.41, 5.74) is 1.33. The third-order valence-corrected chi connectivity index (χ3v) is 3.69. The molecule has 2 unspecified atom stereocenters. The molecule has 1 saturated carbocycles. The first kappa shape index (κ1) is 15.5. The van der Waals surface area contributed by atoms with Gasteiger partial charge in [-0.1, -0.05) is 18.8 Å². The lowest BCUT2D eigenvalue weighted by molar-refractivity contribution is 0.0636. The van der Waals surface area contributed by atoms with E-state index in [9.17, 15) is 13.6 Å². The molecule has 1 fully saturated rings. The summed E-state index contributed by atoms with van der Waals surface area (Å²) >= 11 is 0. The Hall–Kier alpha value is -1.89. The Morgan fingerprint density at radius 2 is 1.86 bits per heavy atom. The zero-order valence-corrected chi connectivity index (χ0v) is 12.2. The minimum atomic E-state index is -2.44. The van der Waals surface area contributed by atoms with Crippen LogP contribution in [0.25, 0.3) is 0 Å². The lowest BCUT2D eigenvalue weighted by atomic mass is 10.0. The average Bonchev–Trinajstić information content (AvgIpc) is 3.28. The monoisotopic (exact) mass is 291 g/mol. The number of halogens is 2. The van der Waals surface area contributed by atoms with Gasteiger partial charge in [0.2, 0.25) is 6.43 Å². The molecule has 0 bridgehead atoms. The molecule has 112 valence electrons. The van der Waals surface area contributed by atoms with Gasteiger partial charge < -0.3 is 5.32 Å². The second-order valence-electron chi connectivity index (χ2n) is 5.58. The fraction of sp³-hybridized carbons (Fsp3) is 0.471. The number of hydrogen-bond acceptors (Lipinski definition) is 1. The van der Waals surface area contributed by atoms with Crippen molar-refractivity contribution in [2.24, 2.45) is 11.8 Å². The summed E-state index contributed by atoms with van der Waals surface area (Å²) < 4.78 is 25.1. The van der Waals surface area contributed by atoms with Gasteiger partial charge in [-0.25, -0.2) is 8.78 Å². The summed E-state index contributed by atoms with van der Waals surface area (Å²) in [6.45, 7) is 3.01. The Bertz CT molecular complexity index is 552. The maximum absolute atomic E-state index is 12.6. The normalized spacial score (nSPS) is 16.8. The lowest BCUT2D eigenvalue weighted by Crippen LogP contribution is -2.39. The molecule has 1 aromatic rings. The van der Waals surface area contributed by atoms with Gasteiger partial charge in [0.05, 0.1) is 0 Å². The maximum atomic E-state index is 12.6. The topological polar surface area (TPSA) is 29.1 Å². The van der Waals surface area contributed by atoms with Crippen molar-refractivity contribution in [3.63, 3.8) is 0 Å². The number of carbonyl (C=O) groups is 1. The highest BCUT2D eigenvalue weighted by molar-refractivity contribution is 5.94. The molecule has 1 aliphatic rings. The molecule has 21 heavy (non-hydrogen) atoms. The first-order valence-corrected chi connectivity index (χ1v) is 7.18. The molecule has 2 atom stereocenters. The highest BCUT2D eigenvalue weighted by atomic mass is 19.3. The van der Waals surface area contributed by atoms with Gasteiger partial charge in [0.15, 0.2) is 0 Å². The number of rotatable bonds is 4. The van der Waals surface area contributed by atoms with E-state index in [0.717, 1.165) is 5.56 Å². The van der Waals surface area contributed by atoms with Crippen molar-refractivity contribution in [1.82, 2.24) is 5.32 Å². The van der Waals surface area contributed by atoms with Crippen molar-refractivity contribution in [1.29, 1.82) is 0 Å². The van der Waals surface area contributed by atoms with E-state index in [-0.39, 0.29) is 5.91 Å². The first-order chi connectivity index (χ1) is 9.97. The molecular formula is C17H19F2NO. The van der Waals surface area contributed by atoms with E-state index >= 15 is 0 Å². The van der Waals surface area contributed by atoms with Crippen LogP contribution >= 0.6 is 0 Å². The maximum Gasteiger partial charge on any atom is 0.251 e. The SMILES string of the molecule is CC(NC(=O)c1ccc(C#CC2CC2)cc1)C(C)C(F)F. The molecule has 1 aromatic carbocycles. The van der Waals surface area contributed by atoms with E-state index in [1.54, 1.807) is 31.2 Å². The van der Waals surface area contributed by atoms with Crippen molar-refractivity contribution in [3.05, 3.63) is 35.4 Å². The molecule has 0 radical (unpaired) electrons. The predicted octanol–water partition coefficient (Wildman–Crippen LogP) is 3.47. The van der Waals surface area contributed by atoms with Crippen LogP contribution < -0.4 is 5.32 Å². The molecule has 1 aliphatic carbocycles. The summed E-state index contributed by atoms with van der Waals surface area (Å²) in [5.74, 6) is 5.53. The Labute approximate surface area is 123 Å². The summed E-state index contributed by atoms with van der Waals surface area (Å²) in [4.78, 5) is 12.0. The van der Waals surface area contributed by atoms with E-state index in [1.807, 2.05) is 0 Å². The fourth-order valence-electron chi connectivity index (χ4n) is 1.76. The Morgan fingerprint density at radius 1 is 1.24 bits per heavy atom. The number of benzene rings is 1. The minimum absolute atomic E-state index is 0.336. The number of alkyl halides is 2. The fourth-order valence-corrected chi connectivity index (χ4v) is 1.76. The average molecular weight is 291 g/mol. The molecule has 1 N–H and O–H groups in total. The van der Waals surface area contributed by atoms with Crippen molar-refractivity contribution in [2.45, 2.75) is 39.2 Å². The largest absolute Gasteiger partial charge is 0.349 e. The van der Waals surface area contributed by atoms with Crippen LogP contribution in [0.5, 0.6) is 0 Å². The highest BCUT2D eigenvalue weighted by Gasteiger charge is 2.23. The number of amides is 1. The van der Waals surface area contributed by atoms with E-state index in [2.05, 4.69) is 17.2 Å². The zero-order valence-electron chi connectivity index (χ0n) is 12.2. The highest BCUT2D eigenvalue weighted by Crippen LogP contribution is 2.27. The second-order valence-corrected chi connectivity index (χ2v) is 5.58. The standard InChI is InChI=1S/C17H19F2NO/c1-11(16(18)19)12(2)20-17(21)15-9-7-14(8-10-15)6-5-13-3-4-13/h7-13,16H,3-4H2,1-2H3,(H,20,21). The summed E-state index contributed by atoms with van der Waals surface area (Å²) in [5, 5.41) is 2.60. The summed E-state index contributed by atoms with van der Waals surface area (Å²) in [6, 6.07) is 6.33. The molecule has 2 rings (SSSR count). The van der Waals surface area contributed by atoms with Crippen molar-refractivity contribution < 1.29 is 13.6 Å². The molecule has 4 heteroatoms. The van der Waals surface area contributed by atoms with Gasteiger partial charge in [-0.2, -0.15) is 0 Å². The van der Waals surface area contributed by atoms with Crippen LogP contribution in [-0.4, -0.2) is 18.4 Å². The smallest absolute Gasteiger partial charge is 0.251 e. The van der Waals surface area contributed by atoms with E-state index in [0.29, 0.717) is 11.5 Å². The molecule has 0 aliphatic heterocycles. The van der Waals surface area contributed by atoms with Crippen LogP contribution in [0.4, 0.5) is 8.78 Å². The van der Waals surface area contributed by atoms with Gasteiger partial charge in [-0.15, -0.1) is 0 Å². The van der Waals surface area contributed by atoms with Gasteiger partial charge >= 0.3 is 0 Å². The number of hydrogen-bond donors (Lipinski definition) is 1. The van der Waals surface area contributed by atoms with Crippen LogP contribution in [0.15, 0.2) is 24.3 Å². The van der Waals surface area contributed by atoms with Gasteiger partial charge in [0, 0.05) is 29.0 Å². The third kappa shape index (κ3) is 4.56. The van der Waals surface area contributed by atoms with Crippen molar-refractivity contribution in [2.75, 3.05) is 0 Å². The Balaban J connectivity index is 1.95. The van der Waals surface area contributed by atoms with Crippen molar-refractivity contribution >= 4 is 5.91 Å². The molecule has 2 nitrogen and oxygen atoms in total. The first-order valence-electron chi connectivity index (χ1n) is 7.18. The van der Waals surface area contributed by atoms with Gasteiger partial charge in [0.25, 0.3) is 5.91 Å². The molecule has 0 saturated heterocycles. The van der Waals surface area contributed by atoms with Gasteiger partial charge in [0.1, 0.15) is 0 Å². The number of nitrogens with one attached hydrogen (secondary N) is 1. The number of carbonyl (C=O) groups excluding carboxylic acids is 1. The molecule has 1 amide bonds. The van der Waals surface area contributed by atoms with E-state index in [4.69, 9.17) is 0 Å². The quantitative estimate of drug-likeness (QED) is 0.846. The van der Waals surface area contributed by atoms with Crippen LogP contribution in [0.2, 0.25) is 0 Å². The summed E-state index contributed by atoms with van der Waals surface area (Å²) in [6.07, 6.45) is -0.0955. The van der Waals surface area contributed by atoms with Crippen LogP contribution in [-0.2, 0) is 0 Å².